The van der Waals surface area contributed by atoms with Gasteiger partial charge in [0.1, 0.15) is 18.1 Å². The predicted molar refractivity (Wildman–Crippen MR) is 59.2 cm³/mol. The molecule has 0 aliphatic heterocycles. The molecule has 0 heterocycles. The summed E-state index contributed by atoms with van der Waals surface area (Å²) in [6.45, 7) is 2.89. The zero-order chi connectivity index (χ0) is 12.1. The van der Waals surface area contributed by atoms with Crippen LogP contribution >= 0.6 is 0 Å². The Balaban J connectivity index is 2.95. The molecule has 16 heavy (non-hydrogen) atoms. The first-order chi connectivity index (χ1) is 7.52. The number of carbonyl (C=O) groups is 2. The van der Waals surface area contributed by atoms with Crippen LogP contribution in [0.4, 0.5) is 0 Å². The Kier molecular flexibility index (Phi) is 4.05. The first kappa shape index (κ1) is 12.2. The highest BCUT2D eigenvalue weighted by molar-refractivity contribution is 5.94. The van der Waals surface area contributed by atoms with Crippen molar-refractivity contribution in [2.24, 2.45) is 0 Å². The van der Waals surface area contributed by atoms with E-state index in [1.807, 2.05) is 0 Å². The Morgan fingerprint density at radius 1 is 1.12 bits per heavy atom. The fraction of sp³-hybridized carbons (Fsp3) is 0.333. The van der Waals surface area contributed by atoms with Gasteiger partial charge in [0.05, 0.1) is 7.11 Å². The number of hydrogen-bond donors (Lipinski definition) is 0. The molecule has 0 amide bonds. The zero-order valence-corrected chi connectivity index (χ0v) is 9.57. The maximum absolute atomic E-state index is 11.2. The maximum Gasteiger partial charge on any atom is 0.167 e. The van der Waals surface area contributed by atoms with Crippen molar-refractivity contribution in [1.29, 1.82) is 0 Å². The van der Waals surface area contributed by atoms with Crippen LogP contribution < -0.4 is 9.47 Å². The minimum Gasteiger partial charge on any atom is -0.497 e. The topological polar surface area (TPSA) is 52.6 Å². The lowest BCUT2D eigenvalue weighted by Crippen LogP contribution is -2.07. The van der Waals surface area contributed by atoms with Crippen LogP contribution in [0.5, 0.6) is 11.5 Å². The smallest absolute Gasteiger partial charge is 0.167 e. The Morgan fingerprint density at radius 3 is 2.25 bits per heavy atom. The number of methoxy groups -OCH3 is 1. The summed E-state index contributed by atoms with van der Waals surface area (Å²) < 4.78 is 10.3. The molecular weight excluding hydrogens is 208 g/mol. The Bertz CT molecular complexity index is 409. The normalized spacial score (nSPS) is 9.69. The van der Waals surface area contributed by atoms with Gasteiger partial charge in [0.25, 0.3) is 0 Å². The number of hydrogen-bond acceptors (Lipinski definition) is 4. The number of rotatable bonds is 5. The van der Waals surface area contributed by atoms with E-state index in [1.165, 1.54) is 21.0 Å². The number of benzene rings is 1. The van der Waals surface area contributed by atoms with Crippen LogP contribution in [0.2, 0.25) is 0 Å². The standard InChI is InChI=1S/C12H14O4/c1-8(13)7-16-12-5-10(9(2)14)4-11(6-12)15-3/h4-6H,7H2,1-3H3. The van der Waals surface area contributed by atoms with E-state index in [0.29, 0.717) is 17.1 Å². The van der Waals surface area contributed by atoms with Crippen molar-refractivity contribution >= 4 is 11.6 Å². The van der Waals surface area contributed by atoms with Gasteiger partial charge in [-0.2, -0.15) is 0 Å². The molecule has 86 valence electrons. The Morgan fingerprint density at radius 2 is 1.75 bits per heavy atom. The lowest BCUT2D eigenvalue weighted by Gasteiger charge is -2.08. The fourth-order valence-electron chi connectivity index (χ4n) is 1.16. The van der Waals surface area contributed by atoms with E-state index in [9.17, 15) is 9.59 Å². The van der Waals surface area contributed by atoms with E-state index in [2.05, 4.69) is 0 Å². The summed E-state index contributed by atoms with van der Waals surface area (Å²) in [4.78, 5) is 22.0. The second-order valence-corrected chi connectivity index (χ2v) is 3.44. The summed E-state index contributed by atoms with van der Waals surface area (Å²) in [5.74, 6) is 0.838. The molecule has 4 heteroatoms. The molecule has 0 fully saturated rings. The quantitative estimate of drug-likeness (QED) is 0.713. The lowest BCUT2D eigenvalue weighted by molar-refractivity contribution is -0.118. The Hall–Kier alpha value is -1.84. The molecule has 4 nitrogen and oxygen atoms in total. The first-order valence-electron chi connectivity index (χ1n) is 4.85. The molecule has 0 saturated carbocycles. The monoisotopic (exact) mass is 222 g/mol. The van der Waals surface area contributed by atoms with Gasteiger partial charge in [-0.25, -0.2) is 0 Å². The first-order valence-corrected chi connectivity index (χ1v) is 4.85. The third-order valence-electron chi connectivity index (χ3n) is 1.96. The van der Waals surface area contributed by atoms with Crippen LogP contribution in [0.3, 0.4) is 0 Å². The van der Waals surface area contributed by atoms with Crippen molar-refractivity contribution in [3.63, 3.8) is 0 Å². The van der Waals surface area contributed by atoms with Crippen molar-refractivity contribution in [2.45, 2.75) is 13.8 Å². The van der Waals surface area contributed by atoms with Crippen LogP contribution in [0, 0.1) is 0 Å². The third-order valence-corrected chi connectivity index (χ3v) is 1.96. The molecule has 1 rings (SSSR count). The molecule has 0 unspecified atom stereocenters. The number of ether oxygens (including phenoxy) is 2. The molecule has 0 saturated heterocycles. The summed E-state index contributed by atoms with van der Waals surface area (Å²) >= 11 is 0. The van der Waals surface area contributed by atoms with Crippen LogP contribution in [0.1, 0.15) is 24.2 Å². The van der Waals surface area contributed by atoms with Gasteiger partial charge in [-0.1, -0.05) is 0 Å². The molecule has 0 bridgehead atoms. The summed E-state index contributed by atoms with van der Waals surface area (Å²) in [7, 11) is 1.51. The molecule has 0 aromatic heterocycles. The van der Waals surface area contributed by atoms with Crippen molar-refractivity contribution in [1.82, 2.24) is 0 Å². The van der Waals surface area contributed by atoms with Crippen LogP contribution in [0.25, 0.3) is 0 Å². The highest BCUT2D eigenvalue weighted by atomic mass is 16.5. The lowest BCUT2D eigenvalue weighted by atomic mass is 10.1. The highest BCUT2D eigenvalue weighted by Crippen LogP contribution is 2.23. The van der Waals surface area contributed by atoms with E-state index in [1.54, 1.807) is 18.2 Å². The SMILES string of the molecule is COc1cc(OCC(C)=O)cc(C(C)=O)c1. The van der Waals surface area contributed by atoms with E-state index < -0.39 is 0 Å². The molecule has 0 aliphatic rings. The van der Waals surface area contributed by atoms with Gasteiger partial charge in [-0.15, -0.1) is 0 Å². The number of ketones is 2. The zero-order valence-electron chi connectivity index (χ0n) is 9.57. The molecule has 1 aromatic carbocycles. The third kappa shape index (κ3) is 3.38. The number of carbonyl (C=O) groups excluding carboxylic acids is 2. The van der Waals surface area contributed by atoms with E-state index >= 15 is 0 Å². The highest BCUT2D eigenvalue weighted by Gasteiger charge is 2.06. The largest absolute Gasteiger partial charge is 0.497 e. The van der Waals surface area contributed by atoms with Crippen LogP contribution in [-0.4, -0.2) is 25.3 Å². The molecule has 0 N–H and O–H groups in total. The van der Waals surface area contributed by atoms with Crippen LogP contribution in [-0.2, 0) is 4.79 Å². The van der Waals surface area contributed by atoms with Crippen molar-refractivity contribution < 1.29 is 19.1 Å². The molecule has 0 spiro atoms. The van der Waals surface area contributed by atoms with Gasteiger partial charge in [0.15, 0.2) is 11.6 Å². The summed E-state index contributed by atoms with van der Waals surface area (Å²) in [6.07, 6.45) is 0. The average Bonchev–Trinajstić information content (AvgIpc) is 2.25. The van der Waals surface area contributed by atoms with Gasteiger partial charge in [0, 0.05) is 11.6 Å². The average molecular weight is 222 g/mol. The molecule has 1 aromatic rings. The van der Waals surface area contributed by atoms with Gasteiger partial charge in [0.2, 0.25) is 0 Å². The maximum atomic E-state index is 11.2. The molecular formula is C12H14O4. The van der Waals surface area contributed by atoms with E-state index in [0.717, 1.165) is 0 Å². The van der Waals surface area contributed by atoms with Gasteiger partial charge in [-0.05, 0) is 26.0 Å². The van der Waals surface area contributed by atoms with Gasteiger partial charge < -0.3 is 9.47 Å². The van der Waals surface area contributed by atoms with E-state index in [4.69, 9.17) is 9.47 Å². The number of Topliss-reactive ketones (excluding diaryl/α,β-unsaturated/α-hetero) is 2. The van der Waals surface area contributed by atoms with Crippen molar-refractivity contribution in [2.75, 3.05) is 13.7 Å². The molecule has 0 aliphatic carbocycles. The fourth-order valence-corrected chi connectivity index (χ4v) is 1.16. The minimum absolute atomic E-state index is 0.00941. The summed E-state index contributed by atoms with van der Waals surface area (Å²) in [5.41, 5.74) is 0.498. The second-order valence-electron chi connectivity index (χ2n) is 3.44. The van der Waals surface area contributed by atoms with Gasteiger partial charge in [-0.3, -0.25) is 9.59 Å². The van der Waals surface area contributed by atoms with Crippen molar-refractivity contribution in [3.8, 4) is 11.5 Å². The molecule has 0 atom stereocenters. The summed E-state index contributed by atoms with van der Waals surface area (Å²) in [6, 6.07) is 4.85. The second kappa shape index (κ2) is 5.30. The van der Waals surface area contributed by atoms with Crippen LogP contribution in [0.15, 0.2) is 18.2 Å². The summed E-state index contributed by atoms with van der Waals surface area (Å²) in [5, 5.41) is 0. The predicted octanol–water partition coefficient (Wildman–Crippen LogP) is 1.87. The molecule has 0 radical (unpaired) electrons. The van der Waals surface area contributed by atoms with Gasteiger partial charge >= 0.3 is 0 Å². The Labute approximate surface area is 94.2 Å². The van der Waals surface area contributed by atoms with Crippen molar-refractivity contribution in [3.05, 3.63) is 23.8 Å². The minimum atomic E-state index is -0.0772. The van der Waals surface area contributed by atoms with E-state index in [-0.39, 0.29) is 18.2 Å².